The van der Waals surface area contributed by atoms with Crippen molar-refractivity contribution >= 4 is 16.9 Å². The molecule has 0 radical (unpaired) electrons. The standard InChI is InChI=1S/C18H18N4O3/c23-17-15(19-13-4-1-2-5-14(13)20-17)12-21-7-9-22(10-8-21)18(24)16-6-3-11-25-16/h1-6,11H,7-10,12H2,(H,20,23). The van der Waals surface area contributed by atoms with Crippen LogP contribution in [0.3, 0.4) is 0 Å². The summed E-state index contributed by atoms with van der Waals surface area (Å²) in [6, 6.07) is 10.9. The lowest BCUT2D eigenvalue weighted by Gasteiger charge is -2.33. The van der Waals surface area contributed by atoms with Gasteiger partial charge in [-0.2, -0.15) is 0 Å². The normalized spacial score (nSPS) is 15.6. The highest BCUT2D eigenvalue weighted by Gasteiger charge is 2.24. The maximum Gasteiger partial charge on any atom is 0.289 e. The number of piperazine rings is 1. The molecule has 1 aliphatic heterocycles. The van der Waals surface area contributed by atoms with Gasteiger partial charge in [0, 0.05) is 32.7 Å². The Balaban J connectivity index is 1.43. The van der Waals surface area contributed by atoms with Gasteiger partial charge < -0.3 is 14.3 Å². The number of nitrogens with zero attached hydrogens (tertiary/aromatic N) is 3. The fraction of sp³-hybridized carbons (Fsp3) is 0.278. The van der Waals surface area contributed by atoms with Gasteiger partial charge in [-0.15, -0.1) is 0 Å². The molecule has 0 spiro atoms. The van der Waals surface area contributed by atoms with Gasteiger partial charge in [0.05, 0.1) is 17.3 Å². The van der Waals surface area contributed by atoms with Crippen LogP contribution >= 0.6 is 0 Å². The van der Waals surface area contributed by atoms with E-state index in [4.69, 9.17) is 4.42 Å². The Kier molecular flexibility index (Phi) is 4.07. The third kappa shape index (κ3) is 3.18. The number of hydrogen-bond acceptors (Lipinski definition) is 5. The van der Waals surface area contributed by atoms with Crippen molar-refractivity contribution in [1.29, 1.82) is 0 Å². The van der Waals surface area contributed by atoms with Crippen molar-refractivity contribution in [3.63, 3.8) is 0 Å². The Bertz CT molecular complexity index is 940. The van der Waals surface area contributed by atoms with E-state index in [2.05, 4.69) is 14.9 Å². The Hall–Kier alpha value is -2.93. The number of rotatable bonds is 3. The number of carbonyl (C=O) groups is 1. The molecule has 1 aliphatic rings. The average molecular weight is 338 g/mol. The molecule has 0 atom stereocenters. The Morgan fingerprint density at radius 1 is 1.12 bits per heavy atom. The number of aromatic nitrogens is 2. The number of amides is 1. The molecule has 0 bridgehead atoms. The summed E-state index contributed by atoms with van der Waals surface area (Å²) in [5, 5.41) is 0. The van der Waals surface area contributed by atoms with E-state index in [1.165, 1.54) is 6.26 Å². The molecular weight excluding hydrogens is 320 g/mol. The molecular formula is C18H18N4O3. The van der Waals surface area contributed by atoms with E-state index < -0.39 is 0 Å². The van der Waals surface area contributed by atoms with Gasteiger partial charge in [-0.3, -0.25) is 14.5 Å². The molecule has 1 aromatic carbocycles. The summed E-state index contributed by atoms with van der Waals surface area (Å²) in [6.07, 6.45) is 1.50. The number of nitrogens with one attached hydrogen (secondary N) is 1. The summed E-state index contributed by atoms with van der Waals surface area (Å²) in [4.78, 5) is 35.7. The van der Waals surface area contributed by atoms with Crippen LogP contribution in [0.2, 0.25) is 0 Å². The van der Waals surface area contributed by atoms with Crippen LogP contribution in [0.5, 0.6) is 0 Å². The smallest absolute Gasteiger partial charge is 0.289 e. The molecule has 128 valence electrons. The van der Waals surface area contributed by atoms with Crippen molar-refractivity contribution in [2.75, 3.05) is 26.2 Å². The molecule has 0 unspecified atom stereocenters. The maximum absolute atomic E-state index is 12.3. The van der Waals surface area contributed by atoms with Crippen LogP contribution in [0.1, 0.15) is 16.2 Å². The highest BCUT2D eigenvalue weighted by atomic mass is 16.3. The Morgan fingerprint density at radius 2 is 1.92 bits per heavy atom. The number of aromatic amines is 1. The summed E-state index contributed by atoms with van der Waals surface area (Å²) in [5.41, 5.74) is 1.87. The molecule has 1 saturated heterocycles. The molecule has 4 rings (SSSR count). The van der Waals surface area contributed by atoms with Gasteiger partial charge in [0.2, 0.25) is 0 Å². The number of furan rings is 1. The summed E-state index contributed by atoms with van der Waals surface area (Å²) < 4.78 is 5.17. The van der Waals surface area contributed by atoms with Gasteiger partial charge in [-0.1, -0.05) is 12.1 Å². The van der Waals surface area contributed by atoms with E-state index in [1.807, 2.05) is 24.3 Å². The SMILES string of the molecule is O=C(c1ccco1)N1CCN(Cc2nc3ccccc3[nH]c2=O)CC1. The van der Waals surface area contributed by atoms with Gasteiger partial charge >= 0.3 is 0 Å². The lowest BCUT2D eigenvalue weighted by atomic mass is 10.2. The molecule has 2 aromatic heterocycles. The number of carbonyl (C=O) groups excluding carboxylic acids is 1. The first kappa shape index (κ1) is 15.6. The minimum absolute atomic E-state index is 0.0914. The second-order valence-electron chi connectivity index (χ2n) is 6.08. The molecule has 7 nitrogen and oxygen atoms in total. The van der Waals surface area contributed by atoms with Crippen molar-refractivity contribution in [3.8, 4) is 0 Å². The van der Waals surface area contributed by atoms with E-state index >= 15 is 0 Å². The van der Waals surface area contributed by atoms with Crippen LogP contribution in [-0.4, -0.2) is 51.9 Å². The third-order valence-electron chi connectivity index (χ3n) is 4.43. The molecule has 0 saturated carbocycles. The zero-order valence-electron chi connectivity index (χ0n) is 13.6. The van der Waals surface area contributed by atoms with Crippen LogP contribution in [-0.2, 0) is 6.54 Å². The molecule has 0 aliphatic carbocycles. The van der Waals surface area contributed by atoms with Crippen molar-refractivity contribution in [3.05, 3.63) is 64.5 Å². The van der Waals surface area contributed by atoms with Crippen molar-refractivity contribution in [1.82, 2.24) is 19.8 Å². The van der Waals surface area contributed by atoms with E-state index in [9.17, 15) is 9.59 Å². The zero-order chi connectivity index (χ0) is 17.2. The summed E-state index contributed by atoms with van der Waals surface area (Å²) in [5.74, 6) is 0.271. The lowest BCUT2D eigenvalue weighted by molar-refractivity contribution is 0.0596. The van der Waals surface area contributed by atoms with Crippen molar-refractivity contribution in [2.24, 2.45) is 0 Å². The average Bonchev–Trinajstić information content (AvgIpc) is 3.17. The van der Waals surface area contributed by atoms with Gasteiger partial charge in [0.25, 0.3) is 11.5 Å². The van der Waals surface area contributed by atoms with Gasteiger partial charge in [-0.05, 0) is 24.3 Å². The fourth-order valence-corrected chi connectivity index (χ4v) is 3.05. The van der Waals surface area contributed by atoms with E-state index in [0.29, 0.717) is 44.2 Å². The summed E-state index contributed by atoms with van der Waals surface area (Å²) >= 11 is 0. The quantitative estimate of drug-likeness (QED) is 0.782. The van der Waals surface area contributed by atoms with Crippen LogP contribution < -0.4 is 5.56 Å². The fourth-order valence-electron chi connectivity index (χ4n) is 3.05. The molecule has 1 fully saturated rings. The molecule has 3 aromatic rings. The second kappa shape index (κ2) is 6.52. The summed E-state index contributed by atoms with van der Waals surface area (Å²) in [7, 11) is 0. The Morgan fingerprint density at radius 3 is 2.68 bits per heavy atom. The van der Waals surface area contributed by atoms with E-state index in [1.54, 1.807) is 17.0 Å². The van der Waals surface area contributed by atoms with E-state index in [-0.39, 0.29) is 11.5 Å². The largest absolute Gasteiger partial charge is 0.459 e. The molecule has 1 amide bonds. The van der Waals surface area contributed by atoms with Crippen LogP contribution in [0, 0.1) is 0 Å². The zero-order valence-corrected chi connectivity index (χ0v) is 13.6. The number of fused-ring (bicyclic) bond motifs is 1. The monoisotopic (exact) mass is 338 g/mol. The first-order chi connectivity index (χ1) is 12.2. The van der Waals surface area contributed by atoms with Crippen molar-refractivity contribution < 1.29 is 9.21 Å². The van der Waals surface area contributed by atoms with E-state index in [0.717, 1.165) is 11.0 Å². The number of H-pyrrole nitrogens is 1. The first-order valence-corrected chi connectivity index (χ1v) is 8.24. The number of hydrogen-bond donors (Lipinski definition) is 1. The Labute approximate surface area is 143 Å². The summed E-state index contributed by atoms with van der Waals surface area (Å²) in [6.45, 7) is 3.07. The van der Waals surface area contributed by atoms with Gasteiger partial charge in [0.15, 0.2) is 5.76 Å². The number of benzene rings is 1. The molecule has 3 heterocycles. The van der Waals surface area contributed by atoms with Gasteiger partial charge in [-0.25, -0.2) is 4.98 Å². The second-order valence-corrected chi connectivity index (χ2v) is 6.08. The number of para-hydroxylation sites is 2. The van der Waals surface area contributed by atoms with Crippen LogP contribution in [0.15, 0.2) is 51.9 Å². The third-order valence-corrected chi connectivity index (χ3v) is 4.43. The predicted octanol–water partition coefficient (Wildman–Crippen LogP) is 1.47. The highest BCUT2D eigenvalue weighted by Crippen LogP contribution is 2.11. The maximum atomic E-state index is 12.3. The molecule has 1 N–H and O–H groups in total. The van der Waals surface area contributed by atoms with Crippen molar-refractivity contribution in [2.45, 2.75) is 6.54 Å². The predicted molar refractivity (Wildman–Crippen MR) is 92.3 cm³/mol. The van der Waals surface area contributed by atoms with Crippen LogP contribution in [0.25, 0.3) is 11.0 Å². The topological polar surface area (TPSA) is 82.4 Å². The molecule has 25 heavy (non-hydrogen) atoms. The lowest BCUT2D eigenvalue weighted by Crippen LogP contribution is -2.48. The molecule has 7 heteroatoms. The first-order valence-electron chi connectivity index (χ1n) is 8.24. The van der Waals surface area contributed by atoms with Crippen LogP contribution in [0.4, 0.5) is 0 Å². The minimum Gasteiger partial charge on any atom is -0.459 e. The minimum atomic E-state index is -0.159. The van der Waals surface area contributed by atoms with Gasteiger partial charge in [0.1, 0.15) is 5.69 Å². The highest BCUT2D eigenvalue weighted by molar-refractivity contribution is 5.91.